The zero-order chi connectivity index (χ0) is 18.1. The summed E-state index contributed by atoms with van der Waals surface area (Å²) in [6, 6.07) is 8.50. The maximum Gasteiger partial charge on any atom is 0.372 e. The number of aliphatic hydroxyl groups is 1. The fourth-order valence-corrected chi connectivity index (χ4v) is 4.18. The molecule has 128 valence electrons. The molecule has 0 atom stereocenters. The van der Waals surface area contributed by atoms with Crippen molar-refractivity contribution in [3.8, 4) is 11.3 Å². The number of rotatable bonds is 4. The molecule has 1 aromatic carbocycles. The first kappa shape index (κ1) is 18.3. The minimum absolute atomic E-state index is 0.252. The van der Waals surface area contributed by atoms with Gasteiger partial charge in [0.05, 0.1) is 24.9 Å². The van der Waals surface area contributed by atoms with Crippen LogP contribution in [0.2, 0.25) is 19.6 Å². The summed E-state index contributed by atoms with van der Waals surface area (Å²) in [5, 5.41) is 20.1. The Morgan fingerprint density at radius 1 is 1.17 bits per heavy atom. The van der Waals surface area contributed by atoms with Gasteiger partial charge in [0, 0.05) is 11.8 Å². The quantitative estimate of drug-likeness (QED) is 0.505. The summed E-state index contributed by atoms with van der Waals surface area (Å²) in [7, 11) is -1.65. The fraction of sp³-hybridized carbons (Fsp3) is 0.333. The molecule has 0 amide bonds. The number of carbonyl (C=O) groups is 1. The third kappa shape index (κ3) is 3.90. The Hall–Kier alpha value is -2.02. The molecular weight excluding hydrogens is 322 g/mol. The molecule has 0 saturated heterocycles. The largest absolute Gasteiger partial charge is 0.386 e. The van der Waals surface area contributed by atoms with Crippen LogP contribution < -0.4 is 5.19 Å². The summed E-state index contributed by atoms with van der Waals surface area (Å²) in [6.07, 6.45) is 1.85. The molecule has 2 aromatic rings. The summed E-state index contributed by atoms with van der Waals surface area (Å²) < 4.78 is 0. The normalized spacial score (nSPS) is 12.1. The molecule has 0 aliphatic heterocycles. The van der Waals surface area contributed by atoms with E-state index >= 15 is 0 Å². The Morgan fingerprint density at radius 3 is 2.21 bits per heavy atom. The van der Waals surface area contributed by atoms with Crippen LogP contribution >= 0.6 is 0 Å². The number of nitrogens with zero attached hydrogens (tertiary/aromatic N) is 1. The van der Waals surface area contributed by atoms with Crippen LogP contribution in [0.25, 0.3) is 11.3 Å². The van der Waals surface area contributed by atoms with Gasteiger partial charge in [-0.25, -0.2) is 4.79 Å². The predicted octanol–water partition coefficient (Wildman–Crippen LogP) is 3.15. The number of pyridine rings is 1. The molecule has 24 heavy (non-hydrogen) atoms. The molecule has 1 aromatic heterocycles. The van der Waals surface area contributed by atoms with E-state index in [9.17, 15) is 9.90 Å². The van der Waals surface area contributed by atoms with E-state index in [1.807, 2.05) is 12.3 Å². The van der Waals surface area contributed by atoms with Crippen LogP contribution in [0.15, 0.2) is 36.5 Å². The van der Waals surface area contributed by atoms with Crippen LogP contribution in [0, 0.1) is 0 Å². The van der Waals surface area contributed by atoms with Gasteiger partial charge >= 0.3 is 5.97 Å². The minimum atomic E-state index is -1.65. The minimum Gasteiger partial charge on any atom is -0.386 e. The molecule has 0 bridgehead atoms. The number of hydrogen-bond donors (Lipinski definition) is 2. The Bertz CT molecular complexity index is 743. The SMILES string of the molecule is CC(C)(O)c1cc(-c2ccc(C(=O)OO)cc2)ncc1[Si](C)(C)C. The van der Waals surface area contributed by atoms with Gasteiger partial charge in [-0.2, -0.15) is 5.26 Å². The average Bonchev–Trinajstić information content (AvgIpc) is 2.52. The summed E-state index contributed by atoms with van der Waals surface area (Å²) >= 11 is 0. The van der Waals surface area contributed by atoms with E-state index in [0.29, 0.717) is 0 Å². The Morgan fingerprint density at radius 2 is 1.75 bits per heavy atom. The lowest BCUT2D eigenvalue weighted by molar-refractivity contribution is -0.182. The zero-order valence-electron chi connectivity index (χ0n) is 14.6. The second kappa shape index (κ2) is 6.47. The monoisotopic (exact) mass is 345 g/mol. The number of hydrogen-bond acceptors (Lipinski definition) is 5. The van der Waals surface area contributed by atoms with E-state index < -0.39 is 19.6 Å². The molecule has 0 spiro atoms. The van der Waals surface area contributed by atoms with Crippen molar-refractivity contribution in [2.24, 2.45) is 0 Å². The zero-order valence-corrected chi connectivity index (χ0v) is 15.6. The maximum absolute atomic E-state index is 11.3. The number of benzene rings is 1. The molecule has 2 N–H and O–H groups in total. The first-order valence-electron chi connectivity index (χ1n) is 7.73. The van der Waals surface area contributed by atoms with E-state index in [1.165, 1.54) is 0 Å². The van der Waals surface area contributed by atoms with Gasteiger partial charge in [-0.05, 0) is 42.8 Å². The fourth-order valence-electron chi connectivity index (χ4n) is 2.55. The third-order valence-electron chi connectivity index (χ3n) is 3.87. The highest BCUT2D eigenvalue weighted by Gasteiger charge is 2.28. The summed E-state index contributed by atoms with van der Waals surface area (Å²) in [6.45, 7) is 10.2. The van der Waals surface area contributed by atoms with Crippen LogP contribution in [0.3, 0.4) is 0 Å². The highest BCUT2D eigenvalue weighted by molar-refractivity contribution is 6.89. The first-order chi connectivity index (χ1) is 11.0. The molecular formula is C18H23NO4Si. The highest BCUT2D eigenvalue weighted by Crippen LogP contribution is 2.25. The second-order valence-electron chi connectivity index (χ2n) is 7.38. The van der Waals surface area contributed by atoms with Crippen molar-refractivity contribution in [3.63, 3.8) is 0 Å². The molecule has 5 nitrogen and oxygen atoms in total. The molecule has 0 radical (unpaired) electrons. The van der Waals surface area contributed by atoms with E-state index in [2.05, 4.69) is 29.5 Å². The van der Waals surface area contributed by atoms with Gasteiger partial charge in [0.15, 0.2) is 0 Å². The smallest absolute Gasteiger partial charge is 0.372 e. The molecule has 0 saturated carbocycles. The molecule has 0 fully saturated rings. The van der Waals surface area contributed by atoms with E-state index in [4.69, 9.17) is 5.26 Å². The molecule has 0 aliphatic carbocycles. The van der Waals surface area contributed by atoms with Crippen LogP contribution in [-0.4, -0.2) is 29.4 Å². The van der Waals surface area contributed by atoms with Crippen LogP contribution in [0.1, 0.15) is 29.8 Å². The van der Waals surface area contributed by atoms with E-state index in [0.717, 1.165) is 22.0 Å². The average molecular weight is 345 g/mol. The Labute approximate surface area is 142 Å². The van der Waals surface area contributed by atoms with Gasteiger partial charge in [0.25, 0.3) is 0 Å². The summed E-state index contributed by atoms with van der Waals surface area (Å²) in [5.41, 5.74) is 1.71. The standard InChI is InChI=1S/C18H23NO4Si/c1-18(2,21)14-10-15(19-11-16(14)24(3,4)5)12-6-8-13(9-7-12)17(20)23-22/h6-11,21-22H,1-5H3. The molecule has 2 rings (SSSR count). The van der Waals surface area contributed by atoms with Crippen molar-refractivity contribution in [1.82, 2.24) is 4.98 Å². The number of aromatic nitrogens is 1. The van der Waals surface area contributed by atoms with E-state index in [1.54, 1.807) is 38.1 Å². The van der Waals surface area contributed by atoms with Gasteiger partial charge in [0.1, 0.15) is 0 Å². The lowest BCUT2D eigenvalue weighted by Gasteiger charge is -2.28. The summed E-state index contributed by atoms with van der Waals surface area (Å²) in [4.78, 5) is 19.5. The third-order valence-corrected chi connectivity index (χ3v) is 5.88. The number of carbonyl (C=O) groups excluding carboxylic acids is 1. The van der Waals surface area contributed by atoms with Gasteiger partial charge < -0.3 is 5.11 Å². The van der Waals surface area contributed by atoms with Gasteiger partial charge in [-0.3, -0.25) is 9.87 Å². The summed E-state index contributed by atoms with van der Waals surface area (Å²) in [5.74, 6) is -0.805. The lowest BCUT2D eigenvalue weighted by atomic mass is 9.97. The second-order valence-corrected chi connectivity index (χ2v) is 12.4. The van der Waals surface area contributed by atoms with Crippen molar-refractivity contribution in [2.75, 3.05) is 0 Å². The van der Waals surface area contributed by atoms with Gasteiger partial charge in [-0.1, -0.05) is 31.8 Å². The Kier molecular flexibility index (Phi) is 4.94. The molecule has 1 heterocycles. The van der Waals surface area contributed by atoms with Gasteiger partial charge in [-0.15, -0.1) is 0 Å². The van der Waals surface area contributed by atoms with E-state index in [-0.39, 0.29) is 5.56 Å². The van der Waals surface area contributed by atoms with Crippen LogP contribution in [0.5, 0.6) is 0 Å². The van der Waals surface area contributed by atoms with Crippen molar-refractivity contribution in [2.45, 2.75) is 39.1 Å². The van der Waals surface area contributed by atoms with Crippen molar-refractivity contribution < 1.29 is 20.0 Å². The van der Waals surface area contributed by atoms with Crippen molar-refractivity contribution in [3.05, 3.63) is 47.7 Å². The van der Waals surface area contributed by atoms with Crippen molar-refractivity contribution in [1.29, 1.82) is 0 Å². The lowest BCUT2D eigenvalue weighted by Crippen LogP contribution is -2.44. The Balaban J connectivity index is 2.51. The first-order valence-corrected chi connectivity index (χ1v) is 11.2. The van der Waals surface area contributed by atoms with Crippen LogP contribution in [-0.2, 0) is 10.5 Å². The maximum atomic E-state index is 11.3. The molecule has 0 unspecified atom stereocenters. The predicted molar refractivity (Wildman–Crippen MR) is 95.9 cm³/mol. The molecule has 6 heteroatoms. The van der Waals surface area contributed by atoms with Crippen LogP contribution in [0.4, 0.5) is 0 Å². The van der Waals surface area contributed by atoms with Crippen molar-refractivity contribution >= 4 is 19.2 Å². The topological polar surface area (TPSA) is 79.7 Å². The van der Waals surface area contributed by atoms with Gasteiger partial charge in [0.2, 0.25) is 0 Å². The highest BCUT2D eigenvalue weighted by atomic mass is 28.3. The molecule has 0 aliphatic rings.